The zero-order valence-corrected chi connectivity index (χ0v) is 21.4. The number of methoxy groups -OCH3 is 1. The molecule has 1 atom stereocenters. The Labute approximate surface area is 195 Å². The van der Waals surface area contributed by atoms with Crippen molar-refractivity contribution in [3.8, 4) is 11.3 Å². The SMILES string of the molecule is CC.CCC.CCCN(C(=O)CNC(=O)OC)C(C)c1ncc(-c2ccc(Br)cc2)[nH]1. The Hall–Kier alpha value is -2.35. The number of alkyl carbamates (subject to hydrolysis) is 1. The van der Waals surface area contributed by atoms with Gasteiger partial charge < -0.3 is 19.9 Å². The van der Waals surface area contributed by atoms with Crippen LogP contribution in [0, 0.1) is 0 Å². The summed E-state index contributed by atoms with van der Waals surface area (Å²) in [6.07, 6.45) is 3.18. The average molecular weight is 497 g/mol. The van der Waals surface area contributed by atoms with Crippen LogP contribution in [0.4, 0.5) is 4.79 Å². The molecular weight excluding hydrogens is 460 g/mol. The average Bonchev–Trinajstić information content (AvgIpc) is 3.28. The number of ether oxygens (including phenoxy) is 1. The maximum atomic E-state index is 12.5. The lowest BCUT2D eigenvalue weighted by Crippen LogP contribution is -2.42. The Bertz CT molecular complexity index is 762. The minimum Gasteiger partial charge on any atom is -0.453 e. The highest BCUT2D eigenvalue weighted by Gasteiger charge is 2.23. The second-order valence-electron chi connectivity index (χ2n) is 6.50. The zero-order valence-electron chi connectivity index (χ0n) is 19.8. The lowest BCUT2D eigenvalue weighted by Gasteiger charge is -2.27. The minimum absolute atomic E-state index is 0.114. The lowest BCUT2D eigenvalue weighted by atomic mass is 10.2. The number of amides is 2. The van der Waals surface area contributed by atoms with E-state index in [1.807, 2.05) is 52.0 Å². The summed E-state index contributed by atoms with van der Waals surface area (Å²) in [5.41, 5.74) is 1.90. The zero-order chi connectivity index (χ0) is 23.8. The first kappa shape index (κ1) is 28.6. The molecule has 0 aliphatic rings. The highest BCUT2D eigenvalue weighted by Crippen LogP contribution is 2.24. The Morgan fingerprint density at radius 3 is 2.29 bits per heavy atom. The third-order valence-electron chi connectivity index (χ3n) is 3.97. The van der Waals surface area contributed by atoms with Gasteiger partial charge in [-0.05, 0) is 31.0 Å². The lowest BCUT2D eigenvalue weighted by molar-refractivity contribution is -0.132. The van der Waals surface area contributed by atoms with Crippen LogP contribution in [-0.2, 0) is 9.53 Å². The van der Waals surface area contributed by atoms with Crippen molar-refractivity contribution in [3.05, 3.63) is 40.8 Å². The maximum absolute atomic E-state index is 12.5. The van der Waals surface area contributed by atoms with Crippen LogP contribution in [0.2, 0.25) is 0 Å². The number of carbonyl (C=O) groups is 2. The van der Waals surface area contributed by atoms with Crippen LogP contribution in [0.5, 0.6) is 0 Å². The molecule has 1 heterocycles. The Balaban J connectivity index is 0.00000165. The molecule has 8 heteroatoms. The molecular formula is C23H37BrN4O3. The van der Waals surface area contributed by atoms with Crippen LogP contribution < -0.4 is 5.32 Å². The first-order chi connectivity index (χ1) is 14.9. The predicted octanol–water partition coefficient (Wildman–Crippen LogP) is 5.94. The summed E-state index contributed by atoms with van der Waals surface area (Å²) in [5.74, 6) is 0.508. The van der Waals surface area contributed by atoms with Gasteiger partial charge in [-0.2, -0.15) is 0 Å². The summed E-state index contributed by atoms with van der Waals surface area (Å²) < 4.78 is 5.51. The predicted molar refractivity (Wildman–Crippen MR) is 130 cm³/mol. The third-order valence-corrected chi connectivity index (χ3v) is 4.50. The molecule has 2 N–H and O–H groups in total. The second kappa shape index (κ2) is 16.4. The second-order valence-corrected chi connectivity index (χ2v) is 7.42. The number of imidazole rings is 1. The maximum Gasteiger partial charge on any atom is 0.407 e. The summed E-state index contributed by atoms with van der Waals surface area (Å²) in [7, 11) is 1.26. The van der Waals surface area contributed by atoms with E-state index < -0.39 is 6.09 Å². The molecule has 1 aromatic heterocycles. The molecule has 2 aromatic rings. The summed E-state index contributed by atoms with van der Waals surface area (Å²) in [4.78, 5) is 33.1. The molecule has 0 aliphatic carbocycles. The number of hydrogen-bond acceptors (Lipinski definition) is 4. The first-order valence-electron chi connectivity index (χ1n) is 10.8. The van der Waals surface area contributed by atoms with Crippen LogP contribution in [0.25, 0.3) is 11.3 Å². The molecule has 0 bridgehead atoms. The molecule has 0 spiro atoms. The monoisotopic (exact) mass is 496 g/mol. The van der Waals surface area contributed by atoms with Crippen molar-refractivity contribution < 1.29 is 14.3 Å². The largest absolute Gasteiger partial charge is 0.453 e. The number of aromatic amines is 1. The normalized spacial score (nSPS) is 10.6. The molecule has 0 fully saturated rings. The van der Waals surface area contributed by atoms with Gasteiger partial charge in [0.1, 0.15) is 12.4 Å². The van der Waals surface area contributed by atoms with Gasteiger partial charge in [-0.25, -0.2) is 9.78 Å². The fourth-order valence-corrected chi connectivity index (χ4v) is 2.83. The van der Waals surface area contributed by atoms with E-state index in [2.05, 4.69) is 49.8 Å². The highest BCUT2D eigenvalue weighted by molar-refractivity contribution is 9.10. The fraction of sp³-hybridized carbons (Fsp3) is 0.522. The smallest absolute Gasteiger partial charge is 0.407 e. The number of H-pyrrole nitrogens is 1. The number of nitrogens with zero attached hydrogens (tertiary/aromatic N) is 2. The molecule has 1 unspecified atom stereocenters. The van der Waals surface area contributed by atoms with E-state index in [-0.39, 0.29) is 18.5 Å². The summed E-state index contributed by atoms with van der Waals surface area (Å²) in [6, 6.07) is 7.66. The number of nitrogens with one attached hydrogen (secondary N) is 2. The summed E-state index contributed by atoms with van der Waals surface area (Å²) >= 11 is 3.42. The van der Waals surface area contributed by atoms with Crippen molar-refractivity contribution in [2.24, 2.45) is 0 Å². The Morgan fingerprint density at radius 2 is 1.77 bits per heavy atom. The Kier molecular flexibility index (Phi) is 15.1. The van der Waals surface area contributed by atoms with Crippen molar-refractivity contribution in [2.75, 3.05) is 20.2 Å². The molecule has 0 aliphatic heterocycles. The van der Waals surface area contributed by atoms with Crippen molar-refractivity contribution in [3.63, 3.8) is 0 Å². The van der Waals surface area contributed by atoms with Gasteiger partial charge in [0.05, 0.1) is 25.0 Å². The van der Waals surface area contributed by atoms with Crippen LogP contribution >= 0.6 is 15.9 Å². The van der Waals surface area contributed by atoms with Gasteiger partial charge in [0.2, 0.25) is 5.91 Å². The van der Waals surface area contributed by atoms with Gasteiger partial charge in [0.25, 0.3) is 0 Å². The highest BCUT2D eigenvalue weighted by atomic mass is 79.9. The van der Waals surface area contributed by atoms with Gasteiger partial charge in [0.15, 0.2) is 0 Å². The molecule has 2 rings (SSSR count). The molecule has 31 heavy (non-hydrogen) atoms. The van der Waals surface area contributed by atoms with E-state index in [1.54, 1.807) is 11.1 Å². The molecule has 174 valence electrons. The van der Waals surface area contributed by atoms with E-state index in [9.17, 15) is 9.59 Å². The number of carbonyl (C=O) groups excluding carboxylic acids is 2. The van der Waals surface area contributed by atoms with Crippen LogP contribution in [0.15, 0.2) is 34.9 Å². The van der Waals surface area contributed by atoms with Gasteiger partial charge in [-0.1, -0.05) is 69.1 Å². The number of rotatable bonds is 7. The van der Waals surface area contributed by atoms with E-state index in [1.165, 1.54) is 13.5 Å². The third kappa shape index (κ3) is 10.0. The van der Waals surface area contributed by atoms with Gasteiger partial charge in [-0.3, -0.25) is 4.79 Å². The topological polar surface area (TPSA) is 87.3 Å². The quantitative estimate of drug-likeness (QED) is 0.496. The van der Waals surface area contributed by atoms with E-state index in [4.69, 9.17) is 0 Å². The Morgan fingerprint density at radius 1 is 1.19 bits per heavy atom. The number of halogens is 1. The summed E-state index contributed by atoms with van der Waals surface area (Å²) in [6.45, 7) is 12.6. The van der Waals surface area contributed by atoms with Crippen molar-refractivity contribution in [1.29, 1.82) is 0 Å². The summed E-state index contributed by atoms with van der Waals surface area (Å²) in [5, 5.41) is 2.43. The van der Waals surface area contributed by atoms with Gasteiger partial charge >= 0.3 is 6.09 Å². The number of hydrogen-bond donors (Lipinski definition) is 2. The van der Waals surface area contributed by atoms with Crippen molar-refractivity contribution in [1.82, 2.24) is 20.2 Å². The van der Waals surface area contributed by atoms with Gasteiger partial charge in [0, 0.05) is 11.0 Å². The number of benzene rings is 1. The standard InChI is InChI=1S/C18H23BrN4O3.C3H8.C2H6/c1-4-9-23(16(24)11-21-18(25)26-3)12(2)17-20-10-15(22-17)13-5-7-14(19)8-6-13;1-3-2;1-2/h5-8,10,12H,4,9,11H2,1-3H3,(H,20,22)(H,21,25);3H2,1-2H3;1-2H3. The minimum atomic E-state index is -0.627. The molecule has 0 saturated carbocycles. The van der Waals surface area contributed by atoms with Crippen LogP contribution in [-0.4, -0.2) is 47.1 Å². The molecule has 2 amide bonds. The molecule has 1 aromatic carbocycles. The molecule has 0 radical (unpaired) electrons. The number of aromatic nitrogens is 2. The van der Waals surface area contributed by atoms with E-state index >= 15 is 0 Å². The van der Waals surface area contributed by atoms with E-state index in [0.29, 0.717) is 12.4 Å². The van der Waals surface area contributed by atoms with Crippen LogP contribution in [0.3, 0.4) is 0 Å². The van der Waals surface area contributed by atoms with Crippen molar-refractivity contribution >= 4 is 27.9 Å². The molecule has 7 nitrogen and oxygen atoms in total. The van der Waals surface area contributed by atoms with Gasteiger partial charge in [-0.15, -0.1) is 0 Å². The molecule has 0 saturated heterocycles. The first-order valence-corrected chi connectivity index (χ1v) is 11.6. The van der Waals surface area contributed by atoms with E-state index in [0.717, 1.165) is 22.2 Å². The van der Waals surface area contributed by atoms with Crippen molar-refractivity contribution in [2.45, 2.75) is 60.4 Å². The van der Waals surface area contributed by atoms with Crippen LogP contribution in [0.1, 0.15) is 66.3 Å². The fourth-order valence-electron chi connectivity index (χ4n) is 2.57.